The highest BCUT2D eigenvalue weighted by molar-refractivity contribution is 5.89. The number of esters is 1. The Morgan fingerprint density at radius 2 is 1.63 bits per heavy atom. The van der Waals surface area contributed by atoms with Crippen LogP contribution < -0.4 is 10.6 Å². The van der Waals surface area contributed by atoms with Gasteiger partial charge < -0.3 is 25.2 Å². The van der Waals surface area contributed by atoms with Gasteiger partial charge in [0.25, 0.3) is 0 Å². The molecule has 160 valence electrons. The second-order valence-corrected chi connectivity index (χ2v) is 6.66. The van der Waals surface area contributed by atoms with Crippen LogP contribution in [0.25, 0.3) is 0 Å². The number of benzene rings is 2. The number of carbonyl (C=O) groups excluding carboxylic acids is 3. The van der Waals surface area contributed by atoms with Gasteiger partial charge in [0.15, 0.2) is 0 Å². The van der Waals surface area contributed by atoms with Crippen LogP contribution >= 0.6 is 0 Å². The number of ether oxygens (including phenoxy) is 2. The number of nitrogens with one attached hydrogen (secondary N) is 2. The lowest BCUT2D eigenvalue weighted by molar-refractivity contribution is -0.145. The third-order valence-corrected chi connectivity index (χ3v) is 4.49. The molecule has 0 aliphatic rings. The molecule has 2 aromatic rings. The Balaban J connectivity index is 1.96. The number of hydrogen-bond acceptors (Lipinski definition) is 6. The van der Waals surface area contributed by atoms with Gasteiger partial charge in [-0.1, -0.05) is 54.6 Å². The molecule has 0 aliphatic heterocycles. The number of alkyl carbamates (subject to hydrolysis) is 1. The molecule has 0 aromatic heterocycles. The zero-order chi connectivity index (χ0) is 21.9. The van der Waals surface area contributed by atoms with E-state index >= 15 is 0 Å². The van der Waals surface area contributed by atoms with E-state index in [0.717, 1.165) is 16.7 Å². The summed E-state index contributed by atoms with van der Waals surface area (Å²) in [6.45, 7) is 1.25. The standard InChI is InChI=1S/C22H26N2O6/c1-15-8-6-7-11-17(15)12-18(21(27)29-2)23-20(26)19(13-25)24-22(28)30-14-16-9-4-3-5-10-16/h3-11,18-19,25H,12-14H2,1-2H3,(H,23,26)(H,24,28)/t18-,19+/m1/s1. The fourth-order valence-corrected chi connectivity index (χ4v) is 2.77. The van der Waals surface area contributed by atoms with Gasteiger partial charge in [0.1, 0.15) is 18.7 Å². The number of methoxy groups -OCH3 is 1. The van der Waals surface area contributed by atoms with E-state index in [2.05, 4.69) is 10.6 Å². The molecule has 0 spiro atoms. The Morgan fingerprint density at radius 1 is 0.967 bits per heavy atom. The Hall–Kier alpha value is -3.39. The topological polar surface area (TPSA) is 114 Å². The summed E-state index contributed by atoms with van der Waals surface area (Å²) in [4.78, 5) is 36.7. The lowest BCUT2D eigenvalue weighted by Gasteiger charge is -2.21. The van der Waals surface area contributed by atoms with E-state index in [9.17, 15) is 19.5 Å². The predicted octanol–water partition coefficient (Wildman–Crippen LogP) is 1.48. The number of aliphatic hydroxyl groups excluding tert-OH is 1. The van der Waals surface area contributed by atoms with E-state index in [4.69, 9.17) is 9.47 Å². The van der Waals surface area contributed by atoms with Crippen LogP contribution in [0, 0.1) is 6.92 Å². The maximum absolute atomic E-state index is 12.5. The van der Waals surface area contributed by atoms with Gasteiger partial charge in [-0.25, -0.2) is 9.59 Å². The van der Waals surface area contributed by atoms with E-state index in [0.29, 0.717) is 0 Å². The molecule has 2 rings (SSSR count). The highest BCUT2D eigenvalue weighted by Crippen LogP contribution is 2.11. The summed E-state index contributed by atoms with van der Waals surface area (Å²) in [6.07, 6.45) is -0.650. The van der Waals surface area contributed by atoms with Crippen molar-refractivity contribution < 1.29 is 29.0 Å². The fourth-order valence-electron chi connectivity index (χ4n) is 2.77. The molecule has 0 aliphatic carbocycles. The summed E-state index contributed by atoms with van der Waals surface area (Å²) in [7, 11) is 1.22. The minimum Gasteiger partial charge on any atom is -0.467 e. The average molecular weight is 414 g/mol. The van der Waals surface area contributed by atoms with Gasteiger partial charge in [-0.2, -0.15) is 0 Å². The summed E-state index contributed by atoms with van der Waals surface area (Å²) in [6, 6.07) is 14.2. The molecule has 0 bridgehead atoms. The lowest BCUT2D eigenvalue weighted by atomic mass is 10.0. The van der Waals surface area contributed by atoms with Gasteiger partial charge in [-0.15, -0.1) is 0 Å². The van der Waals surface area contributed by atoms with Crippen molar-refractivity contribution >= 4 is 18.0 Å². The van der Waals surface area contributed by atoms with Gasteiger partial charge in [0, 0.05) is 6.42 Å². The van der Waals surface area contributed by atoms with E-state index in [-0.39, 0.29) is 13.0 Å². The molecule has 0 saturated heterocycles. The lowest BCUT2D eigenvalue weighted by Crippen LogP contribution is -2.54. The third kappa shape index (κ3) is 6.89. The van der Waals surface area contributed by atoms with Crippen molar-refractivity contribution in [3.8, 4) is 0 Å². The smallest absolute Gasteiger partial charge is 0.408 e. The molecule has 0 heterocycles. The summed E-state index contributed by atoms with van der Waals surface area (Å²) in [5.74, 6) is -1.35. The second kappa shape index (κ2) is 11.6. The minimum absolute atomic E-state index is 0.0184. The van der Waals surface area contributed by atoms with Crippen molar-refractivity contribution in [2.45, 2.75) is 32.0 Å². The first-order valence-electron chi connectivity index (χ1n) is 9.45. The zero-order valence-electron chi connectivity index (χ0n) is 17.0. The highest BCUT2D eigenvalue weighted by atomic mass is 16.5. The summed E-state index contributed by atoms with van der Waals surface area (Å²) in [5, 5.41) is 14.4. The van der Waals surface area contributed by atoms with Crippen LogP contribution in [0.3, 0.4) is 0 Å². The summed E-state index contributed by atoms with van der Waals surface area (Å²) < 4.78 is 9.84. The number of rotatable bonds is 9. The summed E-state index contributed by atoms with van der Waals surface area (Å²) >= 11 is 0. The zero-order valence-corrected chi connectivity index (χ0v) is 17.0. The fraction of sp³-hybridized carbons (Fsp3) is 0.318. The molecule has 0 radical (unpaired) electrons. The largest absolute Gasteiger partial charge is 0.467 e. The predicted molar refractivity (Wildman–Crippen MR) is 109 cm³/mol. The van der Waals surface area contributed by atoms with Crippen molar-refractivity contribution in [2.24, 2.45) is 0 Å². The average Bonchev–Trinajstić information content (AvgIpc) is 2.77. The SMILES string of the molecule is COC(=O)[C@@H](Cc1ccccc1C)NC(=O)[C@H](CO)NC(=O)OCc1ccccc1. The van der Waals surface area contributed by atoms with Crippen LogP contribution in [-0.4, -0.2) is 48.9 Å². The highest BCUT2D eigenvalue weighted by Gasteiger charge is 2.27. The van der Waals surface area contributed by atoms with Gasteiger partial charge in [-0.3, -0.25) is 4.79 Å². The maximum Gasteiger partial charge on any atom is 0.408 e. The molecule has 3 N–H and O–H groups in total. The first kappa shape index (κ1) is 22.9. The van der Waals surface area contributed by atoms with Crippen LogP contribution in [0.15, 0.2) is 54.6 Å². The quantitative estimate of drug-likeness (QED) is 0.536. The van der Waals surface area contributed by atoms with Crippen molar-refractivity contribution in [1.82, 2.24) is 10.6 Å². The van der Waals surface area contributed by atoms with E-state index in [1.807, 2.05) is 49.4 Å². The van der Waals surface area contributed by atoms with E-state index in [1.165, 1.54) is 7.11 Å². The van der Waals surface area contributed by atoms with Gasteiger partial charge >= 0.3 is 12.1 Å². The van der Waals surface area contributed by atoms with Crippen molar-refractivity contribution in [2.75, 3.05) is 13.7 Å². The Kier molecular flexibility index (Phi) is 8.83. The van der Waals surface area contributed by atoms with Crippen molar-refractivity contribution in [1.29, 1.82) is 0 Å². The van der Waals surface area contributed by atoms with Gasteiger partial charge in [0.05, 0.1) is 13.7 Å². The third-order valence-electron chi connectivity index (χ3n) is 4.49. The molecule has 0 unspecified atom stereocenters. The first-order chi connectivity index (χ1) is 14.4. The Bertz CT molecular complexity index is 856. The van der Waals surface area contributed by atoms with E-state index < -0.39 is 36.7 Å². The molecule has 0 fully saturated rings. The van der Waals surface area contributed by atoms with Crippen LogP contribution in [-0.2, 0) is 32.1 Å². The number of aliphatic hydroxyl groups is 1. The van der Waals surface area contributed by atoms with Crippen LogP contribution in [0.4, 0.5) is 4.79 Å². The molecule has 8 heteroatoms. The normalized spacial score (nSPS) is 12.4. The maximum atomic E-state index is 12.5. The molecule has 30 heavy (non-hydrogen) atoms. The van der Waals surface area contributed by atoms with Crippen molar-refractivity contribution in [3.05, 3.63) is 71.3 Å². The molecule has 8 nitrogen and oxygen atoms in total. The second-order valence-electron chi connectivity index (χ2n) is 6.66. The van der Waals surface area contributed by atoms with E-state index in [1.54, 1.807) is 12.1 Å². The molecular formula is C22H26N2O6. The number of carbonyl (C=O) groups is 3. The van der Waals surface area contributed by atoms with Crippen LogP contribution in [0.5, 0.6) is 0 Å². The molecule has 2 aromatic carbocycles. The first-order valence-corrected chi connectivity index (χ1v) is 9.45. The Labute approximate surface area is 175 Å². The van der Waals surface area contributed by atoms with Gasteiger partial charge in [0.2, 0.25) is 5.91 Å². The van der Waals surface area contributed by atoms with Gasteiger partial charge in [-0.05, 0) is 23.6 Å². The van der Waals surface area contributed by atoms with Crippen molar-refractivity contribution in [3.63, 3.8) is 0 Å². The number of hydrogen-bond donors (Lipinski definition) is 3. The van der Waals surface area contributed by atoms with Crippen LogP contribution in [0.2, 0.25) is 0 Å². The Morgan fingerprint density at radius 3 is 2.27 bits per heavy atom. The van der Waals surface area contributed by atoms with Crippen LogP contribution in [0.1, 0.15) is 16.7 Å². The number of amides is 2. The molecule has 2 atom stereocenters. The monoisotopic (exact) mass is 414 g/mol. The molecule has 0 saturated carbocycles. The molecule has 2 amide bonds. The molecular weight excluding hydrogens is 388 g/mol. The summed E-state index contributed by atoms with van der Waals surface area (Å²) in [5.41, 5.74) is 2.60. The number of aryl methyl sites for hydroxylation is 1. The minimum atomic E-state index is -1.28.